The van der Waals surface area contributed by atoms with Crippen LogP contribution >= 0.6 is 11.6 Å². The van der Waals surface area contributed by atoms with Crippen molar-refractivity contribution >= 4 is 41.0 Å². The number of anilines is 2. The molecular weight excluding hydrogens is 590 g/mol. The molecule has 3 N–H and O–H groups in total. The van der Waals surface area contributed by atoms with Gasteiger partial charge >= 0.3 is 6.03 Å². The standard InChI is InChI=1S/C34H30ClN7O3/c1-3-22-20-36-21-28(35)31(22)40-34(45)39-30-19-29(41-42(4-2)33(30)44)25-11-7-9-23(17-25)24-10-8-12-26(18-24)32(43)38-16-14-27-13-5-6-15-37-27/h3,5-13,15,17-21H,1,4,14,16H2,2H3,(H,38,43)(H2,36,39,40,45). The number of urea groups is 1. The molecule has 2 aromatic carbocycles. The van der Waals surface area contributed by atoms with Crippen LogP contribution in [0.5, 0.6) is 0 Å². The molecule has 0 aliphatic heterocycles. The molecule has 3 aromatic heterocycles. The van der Waals surface area contributed by atoms with Crippen molar-refractivity contribution in [2.75, 3.05) is 17.2 Å². The molecule has 0 spiro atoms. The number of amides is 3. The average molecular weight is 620 g/mol. The molecule has 5 rings (SSSR count). The number of hydrogen-bond acceptors (Lipinski definition) is 6. The topological polar surface area (TPSA) is 131 Å². The van der Waals surface area contributed by atoms with Crippen LogP contribution < -0.4 is 21.5 Å². The van der Waals surface area contributed by atoms with Crippen LogP contribution in [0.3, 0.4) is 0 Å². The summed E-state index contributed by atoms with van der Waals surface area (Å²) in [6.45, 7) is 6.26. The summed E-state index contributed by atoms with van der Waals surface area (Å²) < 4.78 is 1.28. The second-order valence-corrected chi connectivity index (χ2v) is 10.3. The highest BCUT2D eigenvalue weighted by molar-refractivity contribution is 6.34. The van der Waals surface area contributed by atoms with Gasteiger partial charge in [0.25, 0.3) is 11.5 Å². The molecule has 45 heavy (non-hydrogen) atoms. The van der Waals surface area contributed by atoms with Gasteiger partial charge in [-0.1, -0.05) is 60.7 Å². The summed E-state index contributed by atoms with van der Waals surface area (Å²) in [6.07, 6.45) is 6.79. The van der Waals surface area contributed by atoms with E-state index < -0.39 is 11.6 Å². The van der Waals surface area contributed by atoms with E-state index in [1.54, 1.807) is 19.2 Å². The van der Waals surface area contributed by atoms with Crippen LogP contribution in [0.25, 0.3) is 28.5 Å². The first kappa shape index (κ1) is 30.8. The van der Waals surface area contributed by atoms with Crippen LogP contribution in [0.4, 0.5) is 16.2 Å². The summed E-state index contributed by atoms with van der Waals surface area (Å²) in [5.74, 6) is -0.178. The Kier molecular flexibility index (Phi) is 9.76. The number of carbonyl (C=O) groups excluding carboxylic acids is 2. The Hall–Kier alpha value is -5.61. The number of nitrogens with zero attached hydrogens (tertiary/aromatic N) is 4. The molecule has 3 amide bonds. The summed E-state index contributed by atoms with van der Waals surface area (Å²) in [7, 11) is 0. The van der Waals surface area contributed by atoms with E-state index in [1.165, 1.54) is 29.2 Å². The van der Waals surface area contributed by atoms with Crippen molar-refractivity contribution in [1.82, 2.24) is 25.1 Å². The molecule has 0 aliphatic carbocycles. The minimum Gasteiger partial charge on any atom is -0.352 e. The molecule has 11 heteroatoms. The average Bonchev–Trinajstić information content (AvgIpc) is 3.07. The molecule has 0 radical (unpaired) electrons. The Morgan fingerprint density at radius 3 is 2.49 bits per heavy atom. The van der Waals surface area contributed by atoms with Gasteiger partial charge < -0.3 is 16.0 Å². The maximum absolute atomic E-state index is 13.1. The van der Waals surface area contributed by atoms with Crippen LogP contribution in [-0.2, 0) is 13.0 Å². The first-order chi connectivity index (χ1) is 21.9. The van der Waals surface area contributed by atoms with Gasteiger partial charge in [0.05, 0.1) is 16.4 Å². The Morgan fingerprint density at radius 2 is 1.73 bits per heavy atom. The summed E-state index contributed by atoms with van der Waals surface area (Å²) in [5.41, 5.74) is 4.75. The van der Waals surface area contributed by atoms with Crippen molar-refractivity contribution in [1.29, 1.82) is 0 Å². The van der Waals surface area contributed by atoms with Crippen LogP contribution in [0.15, 0.2) is 103 Å². The van der Waals surface area contributed by atoms with Crippen LogP contribution in [0, 0.1) is 0 Å². The third-order valence-corrected chi connectivity index (χ3v) is 7.21. The molecule has 0 atom stereocenters. The summed E-state index contributed by atoms with van der Waals surface area (Å²) in [5, 5.41) is 13.0. The fourth-order valence-electron chi connectivity index (χ4n) is 4.64. The van der Waals surface area contributed by atoms with Crippen molar-refractivity contribution in [3.05, 3.63) is 130 Å². The second-order valence-electron chi connectivity index (χ2n) is 9.92. The number of aryl methyl sites for hydroxylation is 1. The first-order valence-corrected chi connectivity index (χ1v) is 14.6. The van der Waals surface area contributed by atoms with Crippen molar-refractivity contribution in [3.8, 4) is 22.4 Å². The molecular formula is C34H30ClN7O3. The van der Waals surface area contributed by atoms with Crippen LogP contribution in [-0.4, -0.2) is 38.2 Å². The van der Waals surface area contributed by atoms with E-state index in [1.807, 2.05) is 60.7 Å². The number of aromatic nitrogens is 4. The summed E-state index contributed by atoms with van der Waals surface area (Å²) >= 11 is 6.22. The predicted octanol–water partition coefficient (Wildman–Crippen LogP) is 6.30. The molecule has 0 bridgehead atoms. The highest BCUT2D eigenvalue weighted by Gasteiger charge is 2.15. The van der Waals surface area contributed by atoms with E-state index in [-0.39, 0.29) is 23.2 Å². The van der Waals surface area contributed by atoms with Gasteiger partial charge in [-0.15, -0.1) is 0 Å². The smallest absolute Gasteiger partial charge is 0.323 e. The SMILES string of the molecule is C=Cc1cncc(Cl)c1NC(=O)Nc1cc(-c2cccc(-c3cccc(C(=O)NCCc4ccccn4)c3)c2)nn(CC)c1=O. The molecule has 10 nitrogen and oxygen atoms in total. The van der Waals surface area contributed by atoms with Gasteiger partial charge in [0.15, 0.2) is 0 Å². The van der Waals surface area contributed by atoms with Gasteiger partial charge in [-0.05, 0) is 54.4 Å². The van der Waals surface area contributed by atoms with Gasteiger partial charge in [0, 0.05) is 60.5 Å². The van der Waals surface area contributed by atoms with Gasteiger partial charge in [0.1, 0.15) is 5.69 Å². The molecule has 0 aliphatic rings. The van der Waals surface area contributed by atoms with Crippen LogP contribution in [0.2, 0.25) is 5.02 Å². The van der Waals surface area contributed by atoms with E-state index >= 15 is 0 Å². The van der Waals surface area contributed by atoms with Crippen LogP contribution in [0.1, 0.15) is 28.5 Å². The normalized spacial score (nSPS) is 10.6. The summed E-state index contributed by atoms with van der Waals surface area (Å²) in [6, 6.07) is 21.5. The maximum atomic E-state index is 13.1. The fourth-order valence-corrected chi connectivity index (χ4v) is 4.85. The minimum atomic E-state index is -0.660. The number of carbonyl (C=O) groups is 2. The second kappa shape index (κ2) is 14.2. The molecule has 0 fully saturated rings. The van der Waals surface area contributed by atoms with Crippen molar-refractivity contribution in [2.45, 2.75) is 19.9 Å². The third-order valence-electron chi connectivity index (χ3n) is 6.92. The van der Waals surface area contributed by atoms with E-state index in [9.17, 15) is 14.4 Å². The third kappa shape index (κ3) is 7.49. The lowest BCUT2D eigenvalue weighted by Crippen LogP contribution is -2.30. The Morgan fingerprint density at radius 1 is 0.956 bits per heavy atom. The lowest BCUT2D eigenvalue weighted by Gasteiger charge is -2.13. The number of nitrogens with one attached hydrogen (secondary N) is 3. The number of halogens is 1. The van der Waals surface area contributed by atoms with Gasteiger partial charge in [-0.2, -0.15) is 5.10 Å². The Bertz CT molecular complexity index is 1930. The minimum absolute atomic E-state index is 0.0412. The van der Waals surface area contributed by atoms with Gasteiger partial charge in [-0.25, -0.2) is 9.48 Å². The van der Waals surface area contributed by atoms with Gasteiger partial charge in [-0.3, -0.25) is 19.6 Å². The fraction of sp³-hybridized carbons (Fsp3) is 0.118. The van der Waals surface area contributed by atoms with E-state index in [0.717, 1.165) is 22.4 Å². The Labute approximate surface area is 264 Å². The zero-order valence-corrected chi connectivity index (χ0v) is 25.2. The van der Waals surface area contributed by atoms with E-state index in [2.05, 4.69) is 37.6 Å². The summed E-state index contributed by atoms with van der Waals surface area (Å²) in [4.78, 5) is 47.2. The van der Waals surface area contributed by atoms with Crippen molar-refractivity contribution in [2.24, 2.45) is 0 Å². The Balaban J connectivity index is 1.36. The predicted molar refractivity (Wildman–Crippen MR) is 177 cm³/mol. The highest BCUT2D eigenvalue weighted by atomic mass is 35.5. The molecule has 5 aromatic rings. The zero-order chi connectivity index (χ0) is 31.8. The van der Waals surface area contributed by atoms with E-state index in [0.29, 0.717) is 35.5 Å². The number of rotatable bonds is 10. The van der Waals surface area contributed by atoms with Gasteiger partial charge in [0.2, 0.25) is 0 Å². The first-order valence-electron chi connectivity index (χ1n) is 14.2. The number of benzene rings is 2. The molecule has 3 heterocycles. The number of hydrogen-bond donors (Lipinski definition) is 3. The van der Waals surface area contributed by atoms with Crippen molar-refractivity contribution < 1.29 is 9.59 Å². The lowest BCUT2D eigenvalue weighted by atomic mass is 9.99. The molecule has 226 valence electrons. The largest absolute Gasteiger partial charge is 0.352 e. The zero-order valence-electron chi connectivity index (χ0n) is 24.5. The maximum Gasteiger partial charge on any atom is 0.323 e. The lowest BCUT2D eigenvalue weighted by molar-refractivity contribution is 0.0954. The highest BCUT2D eigenvalue weighted by Crippen LogP contribution is 2.28. The van der Waals surface area contributed by atoms with E-state index in [4.69, 9.17) is 11.6 Å². The molecule has 0 saturated heterocycles. The number of pyridine rings is 2. The monoisotopic (exact) mass is 619 g/mol. The quantitative estimate of drug-likeness (QED) is 0.168. The molecule has 0 unspecified atom stereocenters. The molecule has 0 saturated carbocycles. The van der Waals surface area contributed by atoms with Crippen molar-refractivity contribution in [3.63, 3.8) is 0 Å².